The number of hydrogen-bond acceptors (Lipinski definition) is 2. The van der Waals surface area contributed by atoms with Gasteiger partial charge in [0, 0.05) is 12.0 Å². The van der Waals surface area contributed by atoms with Gasteiger partial charge in [0.2, 0.25) is 0 Å². The highest BCUT2D eigenvalue weighted by molar-refractivity contribution is 6.01. The Labute approximate surface area is 83.6 Å². The van der Waals surface area contributed by atoms with Crippen LogP contribution < -0.4 is 0 Å². The maximum Gasteiger partial charge on any atom is 0.164 e. The minimum atomic E-state index is -0.302. The number of carbonyl (C=O) groups is 1. The van der Waals surface area contributed by atoms with Crippen LogP contribution in [-0.4, -0.2) is 17.5 Å². The third kappa shape index (κ3) is 0.782. The summed E-state index contributed by atoms with van der Waals surface area (Å²) in [5.41, 5.74) is 3.16. The Morgan fingerprint density at radius 3 is 3.07 bits per heavy atom. The minimum Gasteiger partial charge on any atom is -0.358 e. The van der Waals surface area contributed by atoms with Gasteiger partial charge in [-0.05, 0) is 32.3 Å². The van der Waals surface area contributed by atoms with Crippen LogP contribution in [0.15, 0.2) is 22.8 Å². The van der Waals surface area contributed by atoms with Crippen molar-refractivity contribution in [3.05, 3.63) is 22.8 Å². The molecule has 0 aromatic carbocycles. The first kappa shape index (κ1) is 8.42. The average molecular weight is 190 g/mol. The van der Waals surface area contributed by atoms with Crippen molar-refractivity contribution < 1.29 is 9.53 Å². The highest BCUT2D eigenvalue weighted by Gasteiger charge is 2.53. The van der Waals surface area contributed by atoms with E-state index in [1.54, 1.807) is 0 Å². The molecule has 0 aromatic rings. The van der Waals surface area contributed by atoms with Crippen LogP contribution in [0.1, 0.15) is 33.1 Å². The minimum absolute atomic E-state index is 0.0529. The Morgan fingerprint density at radius 1 is 1.50 bits per heavy atom. The molecule has 0 amide bonds. The van der Waals surface area contributed by atoms with Gasteiger partial charge in [0.15, 0.2) is 5.78 Å². The van der Waals surface area contributed by atoms with E-state index in [4.69, 9.17) is 4.74 Å². The van der Waals surface area contributed by atoms with Gasteiger partial charge < -0.3 is 4.74 Å². The molecule has 0 radical (unpaired) electrons. The summed E-state index contributed by atoms with van der Waals surface area (Å²) in [5.74, 6) is 0.310. The molecule has 2 atom stereocenters. The van der Waals surface area contributed by atoms with E-state index in [0.29, 0.717) is 12.2 Å². The van der Waals surface area contributed by atoms with Crippen molar-refractivity contribution in [2.75, 3.05) is 0 Å². The smallest absolute Gasteiger partial charge is 0.164 e. The molecule has 14 heavy (non-hydrogen) atoms. The summed E-state index contributed by atoms with van der Waals surface area (Å²) in [7, 11) is 0. The molecule has 3 aliphatic rings. The first-order valence-electron chi connectivity index (χ1n) is 5.23. The van der Waals surface area contributed by atoms with E-state index in [2.05, 4.69) is 19.9 Å². The van der Waals surface area contributed by atoms with Gasteiger partial charge in [0.05, 0.1) is 6.10 Å². The molecule has 2 nitrogen and oxygen atoms in total. The first-order valence-corrected chi connectivity index (χ1v) is 5.23. The fourth-order valence-electron chi connectivity index (χ4n) is 3.12. The fraction of sp³-hybridized carbons (Fsp3) is 0.583. The van der Waals surface area contributed by atoms with Crippen LogP contribution >= 0.6 is 0 Å². The Kier molecular flexibility index (Phi) is 1.43. The zero-order valence-electron chi connectivity index (χ0n) is 8.59. The van der Waals surface area contributed by atoms with E-state index in [0.717, 1.165) is 18.4 Å². The van der Waals surface area contributed by atoms with Crippen LogP contribution in [0, 0.1) is 0 Å². The average Bonchev–Trinajstić information content (AvgIpc) is 2.55. The number of rotatable bonds is 0. The lowest BCUT2D eigenvalue weighted by Crippen LogP contribution is -2.40. The number of carbonyl (C=O) groups excluding carboxylic acids is 1. The Hall–Kier alpha value is -0.890. The van der Waals surface area contributed by atoms with Gasteiger partial charge in [0.1, 0.15) is 5.60 Å². The van der Waals surface area contributed by atoms with Crippen molar-refractivity contribution in [1.82, 2.24) is 0 Å². The van der Waals surface area contributed by atoms with Gasteiger partial charge in [-0.1, -0.05) is 11.6 Å². The lowest BCUT2D eigenvalue weighted by molar-refractivity contribution is -0.126. The highest BCUT2D eigenvalue weighted by atomic mass is 16.5. The van der Waals surface area contributed by atoms with Crippen LogP contribution in [0.2, 0.25) is 0 Å². The zero-order chi connectivity index (χ0) is 9.92. The third-order valence-electron chi connectivity index (χ3n) is 3.77. The van der Waals surface area contributed by atoms with Crippen LogP contribution in [0.4, 0.5) is 0 Å². The molecule has 0 unspecified atom stereocenters. The van der Waals surface area contributed by atoms with E-state index in [-0.39, 0.29) is 11.7 Å². The van der Waals surface area contributed by atoms with Gasteiger partial charge in [-0.3, -0.25) is 4.79 Å². The molecule has 0 N–H and O–H groups in total. The summed E-state index contributed by atoms with van der Waals surface area (Å²) in [6, 6.07) is 0. The van der Waals surface area contributed by atoms with Gasteiger partial charge in [-0.25, -0.2) is 0 Å². The van der Waals surface area contributed by atoms with Gasteiger partial charge in [0.25, 0.3) is 0 Å². The Bertz CT molecular complexity index is 389. The predicted octanol–water partition coefficient (Wildman–Crippen LogP) is 2.15. The van der Waals surface area contributed by atoms with E-state index in [1.165, 1.54) is 11.1 Å². The standard InChI is InChI=1S/C12H14O2/c1-7-3-4-12-8(2)5-9(14-12)6-10(13)11(7)12/h5,9H,3-4,6H2,1-2H3/t9-,12+/m0/s1. The number of hydrogen-bond donors (Lipinski definition) is 0. The largest absolute Gasteiger partial charge is 0.358 e. The molecule has 2 bridgehead atoms. The van der Waals surface area contributed by atoms with Crippen molar-refractivity contribution in [3.8, 4) is 0 Å². The summed E-state index contributed by atoms with van der Waals surface area (Å²) < 4.78 is 5.99. The Morgan fingerprint density at radius 2 is 2.29 bits per heavy atom. The quantitative estimate of drug-likeness (QED) is 0.547. The summed E-state index contributed by atoms with van der Waals surface area (Å²) in [6.07, 6.45) is 4.71. The lowest BCUT2D eigenvalue weighted by atomic mass is 9.85. The van der Waals surface area contributed by atoms with Crippen LogP contribution in [0.5, 0.6) is 0 Å². The number of allylic oxidation sites excluding steroid dienone is 1. The van der Waals surface area contributed by atoms with E-state index >= 15 is 0 Å². The Balaban J connectivity index is 2.21. The molecule has 1 saturated heterocycles. The molecule has 1 aliphatic carbocycles. The second-order valence-electron chi connectivity index (χ2n) is 4.62. The normalized spacial score (nSPS) is 40.3. The third-order valence-corrected chi connectivity index (χ3v) is 3.77. The van der Waals surface area contributed by atoms with Crippen molar-refractivity contribution >= 4 is 5.78 Å². The predicted molar refractivity (Wildman–Crippen MR) is 52.9 cm³/mol. The molecule has 0 aromatic heterocycles. The number of Topliss-reactive ketones (excluding diaryl/α,β-unsaturated/α-hetero) is 1. The van der Waals surface area contributed by atoms with Gasteiger partial charge >= 0.3 is 0 Å². The highest BCUT2D eigenvalue weighted by Crippen LogP contribution is 2.51. The number of ketones is 1. The fourth-order valence-corrected chi connectivity index (χ4v) is 3.12. The molecule has 2 aliphatic heterocycles. The number of ether oxygens (including phenoxy) is 1. The van der Waals surface area contributed by atoms with E-state index < -0.39 is 0 Å². The maximum absolute atomic E-state index is 11.9. The van der Waals surface area contributed by atoms with Crippen LogP contribution in [0.3, 0.4) is 0 Å². The SMILES string of the molecule is CC1=C[C@H]2CC(=O)C3=C(C)CC[C@@]13O2. The first-order chi connectivity index (χ1) is 6.63. The van der Waals surface area contributed by atoms with Crippen molar-refractivity contribution in [2.24, 2.45) is 0 Å². The second kappa shape index (κ2) is 2.37. The molecule has 2 heteroatoms. The molecule has 74 valence electrons. The summed E-state index contributed by atoms with van der Waals surface area (Å²) >= 11 is 0. The second-order valence-corrected chi connectivity index (χ2v) is 4.62. The van der Waals surface area contributed by atoms with Crippen molar-refractivity contribution in [1.29, 1.82) is 0 Å². The van der Waals surface area contributed by atoms with E-state index in [1.807, 2.05) is 0 Å². The summed E-state index contributed by atoms with van der Waals surface area (Å²) in [4.78, 5) is 11.9. The molecular formula is C12H14O2. The van der Waals surface area contributed by atoms with Crippen molar-refractivity contribution in [3.63, 3.8) is 0 Å². The molecule has 3 rings (SSSR count). The monoisotopic (exact) mass is 190 g/mol. The maximum atomic E-state index is 11.9. The zero-order valence-corrected chi connectivity index (χ0v) is 8.59. The van der Waals surface area contributed by atoms with Crippen LogP contribution in [-0.2, 0) is 9.53 Å². The molecule has 2 heterocycles. The topological polar surface area (TPSA) is 26.3 Å². The summed E-state index contributed by atoms with van der Waals surface area (Å²) in [6.45, 7) is 4.16. The number of fused-ring (bicyclic) bond motifs is 1. The molecule has 1 fully saturated rings. The molecular weight excluding hydrogens is 176 g/mol. The summed E-state index contributed by atoms with van der Waals surface area (Å²) in [5, 5.41) is 0. The molecule has 1 spiro atoms. The van der Waals surface area contributed by atoms with Gasteiger partial charge in [-0.2, -0.15) is 0 Å². The molecule has 0 saturated carbocycles. The van der Waals surface area contributed by atoms with E-state index in [9.17, 15) is 4.79 Å². The van der Waals surface area contributed by atoms with Gasteiger partial charge in [-0.15, -0.1) is 0 Å². The van der Waals surface area contributed by atoms with Crippen LogP contribution in [0.25, 0.3) is 0 Å². The lowest BCUT2D eigenvalue weighted by Gasteiger charge is -2.34. The van der Waals surface area contributed by atoms with Crippen molar-refractivity contribution in [2.45, 2.75) is 44.8 Å².